The van der Waals surface area contributed by atoms with E-state index in [9.17, 15) is 13.2 Å². The SMILES string of the molecule is CCS(=O)(=O)N1CC(C(=O)NCCOc2cc(C)ccc2C)Oc2ccccc21. The molecular weight excluding hydrogens is 392 g/mol. The van der Waals surface area contributed by atoms with Crippen molar-refractivity contribution in [3.05, 3.63) is 53.6 Å². The van der Waals surface area contributed by atoms with Crippen molar-refractivity contribution in [1.82, 2.24) is 5.32 Å². The number of nitrogens with one attached hydrogen (secondary N) is 1. The Balaban J connectivity index is 1.62. The van der Waals surface area contributed by atoms with Crippen molar-refractivity contribution in [3.63, 3.8) is 0 Å². The maximum absolute atomic E-state index is 12.6. The summed E-state index contributed by atoms with van der Waals surface area (Å²) in [5, 5.41) is 2.77. The molecule has 3 rings (SSSR count). The first-order valence-electron chi connectivity index (χ1n) is 9.55. The summed E-state index contributed by atoms with van der Waals surface area (Å²) in [7, 11) is -3.52. The van der Waals surface area contributed by atoms with Gasteiger partial charge in [0.2, 0.25) is 10.0 Å². The second-order valence-corrected chi connectivity index (χ2v) is 9.10. The molecule has 1 aliphatic heterocycles. The van der Waals surface area contributed by atoms with Gasteiger partial charge >= 0.3 is 0 Å². The lowest BCUT2D eigenvalue weighted by atomic mass is 10.1. The molecule has 0 aromatic heterocycles. The Morgan fingerprint density at radius 2 is 2.00 bits per heavy atom. The second kappa shape index (κ2) is 8.73. The largest absolute Gasteiger partial charge is 0.491 e. The van der Waals surface area contributed by atoms with Gasteiger partial charge in [-0.1, -0.05) is 24.3 Å². The number of aryl methyl sites for hydroxylation is 2. The molecule has 0 spiro atoms. The standard InChI is InChI=1S/C21H26N2O5S/c1-4-29(25,26)23-14-20(28-18-8-6-5-7-17(18)23)21(24)22-11-12-27-19-13-15(2)9-10-16(19)3/h5-10,13,20H,4,11-12,14H2,1-3H3,(H,22,24). The van der Waals surface area contributed by atoms with Crippen LogP contribution in [0.1, 0.15) is 18.1 Å². The lowest BCUT2D eigenvalue weighted by Gasteiger charge is -2.34. The third kappa shape index (κ3) is 4.82. The van der Waals surface area contributed by atoms with Crippen molar-refractivity contribution in [1.29, 1.82) is 0 Å². The Morgan fingerprint density at radius 3 is 2.76 bits per heavy atom. The number of ether oxygens (including phenoxy) is 2. The maximum atomic E-state index is 12.6. The highest BCUT2D eigenvalue weighted by molar-refractivity contribution is 7.92. The molecule has 156 valence electrons. The third-order valence-corrected chi connectivity index (χ3v) is 6.48. The van der Waals surface area contributed by atoms with E-state index in [1.54, 1.807) is 31.2 Å². The van der Waals surface area contributed by atoms with E-state index in [-0.39, 0.29) is 24.7 Å². The number of benzene rings is 2. The fourth-order valence-electron chi connectivity index (χ4n) is 3.07. The molecule has 0 fully saturated rings. The van der Waals surface area contributed by atoms with E-state index in [4.69, 9.17) is 9.47 Å². The fourth-order valence-corrected chi connectivity index (χ4v) is 4.19. The third-order valence-electron chi connectivity index (χ3n) is 4.73. The summed E-state index contributed by atoms with van der Waals surface area (Å²) in [5.74, 6) is 0.726. The van der Waals surface area contributed by atoms with E-state index in [2.05, 4.69) is 5.32 Å². The van der Waals surface area contributed by atoms with Crippen LogP contribution in [-0.2, 0) is 14.8 Å². The molecule has 1 aliphatic rings. The van der Waals surface area contributed by atoms with Gasteiger partial charge in [0.25, 0.3) is 5.91 Å². The maximum Gasteiger partial charge on any atom is 0.263 e. The highest BCUT2D eigenvalue weighted by atomic mass is 32.2. The van der Waals surface area contributed by atoms with Gasteiger partial charge < -0.3 is 14.8 Å². The van der Waals surface area contributed by atoms with Gasteiger partial charge in [0.15, 0.2) is 6.10 Å². The number of sulfonamides is 1. The van der Waals surface area contributed by atoms with Crippen LogP contribution in [0.15, 0.2) is 42.5 Å². The average molecular weight is 419 g/mol. The van der Waals surface area contributed by atoms with Crippen molar-refractivity contribution < 1.29 is 22.7 Å². The first-order valence-corrected chi connectivity index (χ1v) is 11.2. The van der Waals surface area contributed by atoms with Gasteiger partial charge in [0.05, 0.1) is 24.5 Å². The molecule has 2 aromatic carbocycles. The van der Waals surface area contributed by atoms with Crippen molar-refractivity contribution in [2.75, 3.05) is 29.8 Å². The monoisotopic (exact) mass is 418 g/mol. The first kappa shape index (κ1) is 21.0. The molecule has 0 aliphatic carbocycles. The molecule has 1 heterocycles. The first-order chi connectivity index (χ1) is 13.8. The summed E-state index contributed by atoms with van der Waals surface area (Å²) < 4.78 is 37.7. The molecule has 1 N–H and O–H groups in total. The smallest absolute Gasteiger partial charge is 0.263 e. The van der Waals surface area contributed by atoms with Gasteiger partial charge in [-0.05, 0) is 50.1 Å². The van der Waals surface area contributed by atoms with Gasteiger partial charge in [-0.15, -0.1) is 0 Å². The number of para-hydroxylation sites is 2. The Morgan fingerprint density at radius 1 is 1.24 bits per heavy atom. The number of hydrogen-bond acceptors (Lipinski definition) is 5. The Bertz CT molecular complexity index is 990. The molecule has 0 bridgehead atoms. The normalized spacial score (nSPS) is 16.0. The van der Waals surface area contributed by atoms with Crippen LogP contribution in [0.3, 0.4) is 0 Å². The molecule has 2 aromatic rings. The van der Waals surface area contributed by atoms with Crippen LogP contribution in [0.4, 0.5) is 5.69 Å². The molecular formula is C21H26N2O5S. The van der Waals surface area contributed by atoms with Gasteiger partial charge in [-0.2, -0.15) is 0 Å². The van der Waals surface area contributed by atoms with Crippen LogP contribution in [0.25, 0.3) is 0 Å². The van der Waals surface area contributed by atoms with Gasteiger partial charge in [0, 0.05) is 0 Å². The van der Waals surface area contributed by atoms with E-state index in [1.807, 2.05) is 32.0 Å². The van der Waals surface area contributed by atoms with Crippen LogP contribution in [-0.4, -0.2) is 45.9 Å². The molecule has 7 nitrogen and oxygen atoms in total. The van der Waals surface area contributed by atoms with Crippen molar-refractivity contribution >= 4 is 21.6 Å². The summed E-state index contributed by atoms with van der Waals surface area (Å²) in [5.41, 5.74) is 2.58. The van der Waals surface area contributed by atoms with Crippen LogP contribution < -0.4 is 19.1 Å². The van der Waals surface area contributed by atoms with Crippen molar-refractivity contribution in [2.45, 2.75) is 26.9 Å². The topological polar surface area (TPSA) is 84.9 Å². The molecule has 1 amide bonds. The predicted molar refractivity (Wildman–Crippen MR) is 112 cm³/mol. The number of anilines is 1. The molecule has 0 saturated carbocycles. The number of amides is 1. The lowest BCUT2D eigenvalue weighted by Crippen LogP contribution is -2.51. The fraction of sp³-hybridized carbons (Fsp3) is 0.381. The molecule has 0 saturated heterocycles. The molecule has 8 heteroatoms. The van der Waals surface area contributed by atoms with E-state index < -0.39 is 16.1 Å². The highest BCUT2D eigenvalue weighted by Gasteiger charge is 2.35. The number of carbonyl (C=O) groups excluding carboxylic acids is 1. The van der Waals surface area contributed by atoms with E-state index in [0.717, 1.165) is 16.9 Å². The minimum absolute atomic E-state index is 0.0562. The lowest BCUT2D eigenvalue weighted by molar-refractivity contribution is -0.127. The molecule has 29 heavy (non-hydrogen) atoms. The number of hydrogen-bond donors (Lipinski definition) is 1. The van der Waals surface area contributed by atoms with E-state index in [0.29, 0.717) is 18.0 Å². The number of rotatable bonds is 7. The summed E-state index contributed by atoms with van der Waals surface area (Å²) in [6, 6.07) is 12.8. The van der Waals surface area contributed by atoms with Crippen LogP contribution in [0, 0.1) is 13.8 Å². The van der Waals surface area contributed by atoms with Gasteiger partial charge in [-0.25, -0.2) is 8.42 Å². The van der Waals surface area contributed by atoms with Gasteiger partial charge in [0.1, 0.15) is 18.1 Å². The quantitative estimate of drug-likeness (QED) is 0.698. The van der Waals surface area contributed by atoms with Crippen molar-refractivity contribution in [3.8, 4) is 11.5 Å². The Labute approximate surface area is 171 Å². The Kier molecular flexibility index (Phi) is 6.32. The second-order valence-electron chi connectivity index (χ2n) is 6.91. The zero-order chi connectivity index (χ0) is 21.0. The Hall–Kier alpha value is -2.74. The summed E-state index contributed by atoms with van der Waals surface area (Å²) in [4.78, 5) is 12.6. The van der Waals surface area contributed by atoms with E-state index in [1.165, 1.54) is 4.31 Å². The average Bonchev–Trinajstić information content (AvgIpc) is 2.72. The number of carbonyl (C=O) groups is 1. The molecule has 1 unspecified atom stereocenters. The minimum Gasteiger partial charge on any atom is -0.491 e. The summed E-state index contributed by atoms with van der Waals surface area (Å²) >= 11 is 0. The minimum atomic E-state index is -3.52. The van der Waals surface area contributed by atoms with Gasteiger partial charge in [-0.3, -0.25) is 9.10 Å². The predicted octanol–water partition coefficient (Wildman–Crippen LogP) is 2.42. The van der Waals surface area contributed by atoms with Crippen LogP contribution >= 0.6 is 0 Å². The number of fused-ring (bicyclic) bond motifs is 1. The van der Waals surface area contributed by atoms with E-state index >= 15 is 0 Å². The highest BCUT2D eigenvalue weighted by Crippen LogP contribution is 2.35. The van der Waals surface area contributed by atoms with Crippen LogP contribution in [0.5, 0.6) is 11.5 Å². The molecule has 0 radical (unpaired) electrons. The zero-order valence-electron chi connectivity index (χ0n) is 16.8. The summed E-state index contributed by atoms with van der Waals surface area (Å²) in [6.45, 7) is 6.06. The van der Waals surface area contributed by atoms with Crippen LogP contribution in [0.2, 0.25) is 0 Å². The summed E-state index contributed by atoms with van der Waals surface area (Å²) in [6.07, 6.45) is -0.924. The number of nitrogens with zero attached hydrogens (tertiary/aromatic N) is 1. The van der Waals surface area contributed by atoms with Crippen molar-refractivity contribution in [2.24, 2.45) is 0 Å². The zero-order valence-corrected chi connectivity index (χ0v) is 17.7. The molecule has 1 atom stereocenters.